The van der Waals surface area contributed by atoms with Gasteiger partial charge in [-0.15, -0.1) is 0 Å². The fourth-order valence-corrected chi connectivity index (χ4v) is 9.54. The minimum absolute atomic E-state index is 0.905. The van der Waals surface area contributed by atoms with Crippen LogP contribution in [-0.2, 0) is 0 Å². The highest BCUT2D eigenvalue weighted by atomic mass is 16.3. The van der Waals surface area contributed by atoms with Crippen LogP contribution in [0, 0.1) is 0 Å². The minimum Gasteiger partial charge on any atom is -0.456 e. The minimum atomic E-state index is 0.905. The van der Waals surface area contributed by atoms with Gasteiger partial charge in [-0.2, -0.15) is 0 Å². The first-order valence-electron chi connectivity index (χ1n) is 24.2. The molecule has 0 aliphatic carbocycles. The van der Waals surface area contributed by atoms with Crippen molar-refractivity contribution < 1.29 is 4.42 Å². The Morgan fingerprint density at radius 1 is 0.214 bits per heavy atom. The number of anilines is 3. The van der Waals surface area contributed by atoms with Crippen LogP contribution in [-0.4, -0.2) is 0 Å². The Labute approximate surface area is 411 Å². The van der Waals surface area contributed by atoms with Gasteiger partial charge in [0.1, 0.15) is 11.2 Å². The summed E-state index contributed by atoms with van der Waals surface area (Å²) in [6, 6.07) is 98.1. The Balaban J connectivity index is 0.00000263. The van der Waals surface area contributed by atoms with Crippen LogP contribution in [0.4, 0.5) is 17.1 Å². The molecule has 2 nitrogen and oxygen atoms in total. The fourth-order valence-electron chi connectivity index (χ4n) is 9.54. The molecule has 12 aromatic rings. The lowest BCUT2D eigenvalue weighted by molar-refractivity contribution is 0.669. The first-order chi connectivity index (χ1) is 34.7. The zero-order valence-electron chi connectivity index (χ0n) is 39.3. The molecule has 1 heterocycles. The molecule has 0 unspecified atom stereocenters. The Bertz CT molecular complexity index is 3700. The van der Waals surface area contributed by atoms with Crippen LogP contribution < -0.4 is 4.90 Å². The summed E-state index contributed by atoms with van der Waals surface area (Å²) in [6.45, 7) is 4.00. The molecule has 0 saturated heterocycles. The Morgan fingerprint density at radius 3 is 0.871 bits per heavy atom. The summed E-state index contributed by atoms with van der Waals surface area (Å²) in [4.78, 5) is 2.35. The number of rotatable bonds is 10. The summed E-state index contributed by atoms with van der Waals surface area (Å²) in [5, 5.41) is 2.27. The van der Waals surface area contributed by atoms with Crippen molar-refractivity contribution in [1.82, 2.24) is 0 Å². The zero-order chi connectivity index (χ0) is 47.2. The van der Waals surface area contributed by atoms with Crippen LogP contribution in [0.15, 0.2) is 277 Å². The summed E-state index contributed by atoms with van der Waals surface area (Å²) < 4.78 is 6.13. The standard InChI is InChI=1S/C66H45NO.C2H6/c1-3-13-46(14-4-1)51-17-9-19-53(41-51)48-27-34-60(35-28-48)67(61-36-29-49(30-37-61)54-20-11-23-57(43-54)56-22-10-18-52(42-56)47-15-5-2-6-16-47)62-38-31-50(32-39-62)55-21-12-24-58(44-55)59-33-40-66-64(45-59)63-25-7-8-26-65(63)68-66;1-2/h1-45H;1-2H3. The summed E-state index contributed by atoms with van der Waals surface area (Å²) in [6.07, 6.45) is 0. The Hall–Kier alpha value is -8.98. The molecule has 70 heavy (non-hydrogen) atoms. The second kappa shape index (κ2) is 19.7. The van der Waals surface area contributed by atoms with Gasteiger partial charge < -0.3 is 9.32 Å². The van der Waals surface area contributed by atoms with Gasteiger partial charge in [0, 0.05) is 27.8 Å². The SMILES string of the molecule is CC.c1ccc(-c2cccc(-c3ccc(N(c4ccc(-c5cccc(-c6cccc(-c7ccccc7)c6)c5)cc4)c4ccc(-c5cccc(-c6ccc7oc8ccccc8c7c6)c5)cc4)cc3)c2)cc1. The van der Waals surface area contributed by atoms with Crippen LogP contribution >= 0.6 is 0 Å². The van der Waals surface area contributed by atoms with Gasteiger partial charge >= 0.3 is 0 Å². The van der Waals surface area contributed by atoms with Gasteiger partial charge in [-0.3, -0.25) is 0 Å². The van der Waals surface area contributed by atoms with Crippen molar-refractivity contribution in [2.45, 2.75) is 13.8 Å². The van der Waals surface area contributed by atoms with Crippen LogP contribution in [0.2, 0.25) is 0 Å². The molecule has 11 aromatic carbocycles. The number of hydrogen-bond donors (Lipinski definition) is 0. The number of furan rings is 1. The highest BCUT2D eigenvalue weighted by Gasteiger charge is 2.16. The Kier molecular flexibility index (Phi) is 12.3. The van der Waals surface area contributed by atoms with E-state index in [0.29, 0.717) is 0 Å². The molecule has 0 saturated carbocycles. The molecular formula is C68H51NO. The maximum atomic E-state index is 6.13. The largest absolute Gasteiger partial charge is 0.456 e. The molecule has 2 heteroatoms. The van der Waals surface area contributed by atoms with Crippen LogP contribution in [0.1, 0.15) is 13.8 Å². The lowest BCUT2D eigenvalue weighted by Gasteiger charge is -2.26. The Morgan fingerprint density at radius 2 is 0.486 bits per heavy atom. The van der Waals surface area contributed by atoms with Crippen molar-refractivity contribution in [3.8, 4) is 77.9 Å². The maximum absolute atomic E-state index is 6.13. The number of fused-ring (bicyclic) bond motifs is 3. The summed E-state index contributed by atoms with van der Waals surface area (Å²) in [7, 11) is 0. The second-order valence-corrected chi connectivity index (χ2v) is 17.3. The van der Waals surface area contributed by atoms with E-state index < -0.39 is 0 Å². The average molecular weight is 898 g/mol. The van der Waals surface area contributed by atoms with E-state index in [2.05, 4.69) is 266 Å². The monoisotopic (exact) mass is 897 g/mol. The van der Waals surface area contributed by atoms with Crippen molar-refractivity contribution >= 4 is 39.0 Å². The molecule has 0 N–H and O–H groups in total. The molecular weight excluding hydrogens is 847 g/mol. The number of hydrogen-bond acceptors (Lipinski definition) is 2. The second-order valence-electron chi connectivity index (χ2n) is 17.3. The summed E-state index contributed by atoms with van der Waals surface area (Å²) >= 11 is 0. The van der Waals surface area contributed by atoms with E-state index in [1.807, 2.05) is 26.0 Å². The molecule has 0 atom stereocenters. The molecule has 334 valence electrons. The third-order valence-electron chi connectivity index (χ3n) is 13.1. The average Bonchev–Trinajstić information content (AvgIpc) is 3.83. The van der Waals surface area contributed by atoms with Crippen molar-refractivity contribution in [3.63, 3.8) is 0 Å². The smallest absolute Gasteiger partial charge is 0.135 e. The molecule has 0 radical (unpaired) electrons. The summed E-state index contributed by atoms with van der Waals surface area (Å²) in [5.41, 5.74) is 21.7. The molecule has 0 spiro atoms. The third-order valence-corrected chi connectivity index (χ3v) is 13.1. The molecule has 0 fully saturated rings. The lowest BCUT2D eigenvalue weighted by Crippen LogP contribution is -2.09. The van der Waals surface area contributed by atoms with E-state index in [1.165, 1.54) is 66.8 Å². The van der Waals surface area contributed by atoms with Gasteiger partial charge in [0.15, 0.2) is 0 Å². The molecule has 0 aliphatic rings. The number of para-hydroxylation sites is 1. The van der Waals surface area contributed by atoms with E-state index in [1.54, 1.807) is 0 Å². The summed E-state index contributed by atoms with van der Waals surface area (Å²) in [5.74, 6) is 0. The molecule has 0 aliphatic heterocycles. The van der Waals surface area contributed by atoms with Gasteiger partial charge in [-0.05, 0) is 157 Å². The van der Waals surface area contributed by atoms with Crippen molar-refractivity contribution in [3.05, 3.63) is 273 Å². The van der Waals surface area contributed by atoms with E-state index in [0.717, 1.165) is 50.1 Å². The molecule has 0 bridgehead atoms. The fraction of sp³-hybridized carbons (Fsp3) is 0.0294. The quantitative estimate of drug-likeness (QED) is 0.136. The highest BCUT2D eigenvalue weighted by molar-refractivity contribution is 6.06. The van der Waals surface area contributed by atoms with E-state index in [-0.39, 0.29) is 0 Å². The van der Waals surface area contributed by atoms with E-state index >= 15 is 0 Å². The van der Waals surface area contributed by atoms with E-state index in [4.69, 9.17) is 4.42 Å². The van der Waals surface area contributed by atoms with Gasteiger partial charge in [-0.1, -0.05) is 208 Å². The number of benzene rings is 11. The zero-order valence-corrected chi connectivity index (χ0v) is 39.3. The van der Waals surface area contributed by atoms with Crippen LogP contribution in [0.3, 0.4) is 0 Å². The van der Waals surface area contributed by atoms with Gasteiger partial charge in [0.2, 0.25) is 0 Å². The van der Waals surface area contributed by atoms with Crippen molar-refractivity contribution in [2.75, 3.05) is 4.90 Å². The van der Waals surface area contributed by atoms with Gasteiger partial charge in [0.25, 0.3) is 0 Å². The molecule has 0 amide bonds. The first-order valence-corrected chi connectivity index (χ1v) is 24.2. The van der Waals surface area contributed by atoms with Crippen LogP contribution in [0.25, 0.3) is 99.8 Å². The van der Waals surface area contributed by atoms with Gasteiger partial charge in [-0.25, -0.2) is 0 Å². The lowest BCUT2D eigenvalue weighted by atomic mass is 9.96. The van der Waals surface area contributed by atoms with Crippen LogP contribution in [0.5, 0.6) is 0 Å². The maximum Gasteiger partial charge on any atom is 0.135 e. The highest BCUT2D eigenvalue weighted by Crippen LogP contribution is 2.40. The predicted octanol–water partition coefficient (Wildman–Crippen LogP) is 19.8. The third kappa shape index (κ3) is 8.95. The first kappa shape index (κ1) is 43.6. The van der Waals surface area contributed by atoms with E-state index in [9.17, 15) is 0 Å². The normalized spacial score (nSPS) is 11.0. The van der Waals surface area contributed by atoms with Crippen molar-refractivity contribution in [2.24, 2.45) is 0 Å². The van der Waals surface area contributed by atoms with Gasteiger partial charge in [0.05, 0.1) is 0 Å². The van der Waals surface area contributed by atoms with Crippen molar-refractivity contribution in [1.29, 1.82) is 0 Å². The number of nitrogens with zero attached hydrogens (tertiary/aromatic N) is 1. The molecule has 12 rings (SSSR count). The topological polar surface area (TPSA) is 16.4 Å². The predicted molar refractivity (Wildman–Crippen MR) is 298 cm³/mol. The molecule has 1 aromatic heterocycles.